The molecule has 0 atom stereocenters. The van der Waals surface area contributed by atoms with E-state index in [4.69, 9.17) is 16.7 Å². The van der Waals surface area contributed by atoms with Gasteiger partial charge in [-0.15, -0.1) is 6.58 Å². The average Bonchev–Trinajstić information content (AvgIpc) is 2.63. The molecule has 2 N–H and O–H groups in total. The van der Waals surface area contributed by atoms with Crippen LogP contribution in [0.3, 0.4) is 0 Å². The summed E-state index contributed by atoms with van der Waals surface area (Å²) in [7, 11) is 0. The maximum atomic E-state index is 11.8. The van der Waals surface area contributed by atoms with Gasteiger partial charge in [0.15, 0.2) is 0 Å². The van der Waals surface area contributed by atoms with Crippen molar-refractivity contribution in [1.82, 2.24) is 9.88 Å². The summed E-state index contributed by atoms with van der Waals surface area (Å²) in [6.45, 7) is 4.15. The molecular weight excluding hydrogens is 216 g/mol. The molecule has 0 saturated heterocycles. The number of rotatable bonds is 5. The number of carbonyl (C=O) groups excluding carboxylic acids is 1. The number of H-pyrrole nitrogens is 1. The van der Waals surface area contributed by atoms with Crippen LogP contribution >= 0.6 is 11.6 Å². The Labute approximate surface area is 93.2 Å². The number of hydrogen-bond acceptors (Lipinski definition) is 2. The Hall–Kier alpha value is -1.26. The van der Waals surface area contributed by atoms with Crippen molar-refractivity contribution in [1.29, 1.82) is 0 Å². The lowest BCUT2D eigenvalue weighted by atomic mass is 10.3. The standard InChI is InChI=1S/C10H13ClN2O2/c1-2-3-13(4-5-14)10(15)9-6-8(11)7-12-9/h2,6-7,12,14H,1,3-5H2. The minimum absolute atomic E-state index is 0.0754. The first kappa shape index (κ1) is 11.8. The number of hydrogen-bond donors (Lipinski definition) is 2. The van der Waals surface area contributed by atoms with Gasteiger partial charge in [-0.05, 0) is 6.07 Å². The molecule has 1 heterocycles. The number of aromatic nitrogens is 1. The van der Waals surface area contributed by atoms with Crippen LogP contribution in [0.2, 0.25) is 5.02 Å². The van der Waals surface area contributed by atoms with Crippen LogP contribution in [0, 0.1) is 0 Å². The number of aromatic amines is 1. The van der Waals surface area contributed by atoms with E-state index in [-0.39, 0.29) is 19.1 Å². The van der Waals surface area contributed by atoms with E-state index in [1.54, 1.807) is 18.3 Å². The number of carbonyl (C=O) groups is 1. The smallest absolute Gasteiger partial charge is 0.270 e. The van der Waals surface area contributed by atoms with Gasteiger partial charge in [0.1, 0.15) is 5.69 Å². The van der Waals surface area contributed by atoms with Crippen molar-refractivity contribution in [3.63, 3.8) is 0 Å². The van der Waals surface area contributed by atoms with Crippen molar-refractivity contribution < 1.29 is 9.90 Å². The number of aliphatic hydroxyl groups excluding tert-OH is 1. The van der Waals surface area contributed by atoms with E-state index < -0.39 is 0 Å². The normalized spacial score (nSPS) is 10.0. The molecule has 0 aliphatic carbocycles. The van der Waals surface area contributed by atoms with Gasteiger partial charge in [-0.2, -0.15) is 0 Å². The molecule has 0 bridgehead atoms. The third-order valence-corrected chi connectivity index (χ3v) is 2.10. The van der Waals surface area contributed by atoms with Crippen molar-refractivity contribution in [3.8, 4) is 0 Å². The molecule has 0 aliphatic heterocycles. The van der Waals surface area contributed by atoms with Gasteiger partial charge in [0.25, 0.3) is 5.91 Å². The molecule has 0 unspecified atom stereocenters. The summed E-state index contributed by atoms with van der Waals surface area (Å²) in [5.74, 6) is -0.198. The van der Waals surface area contributed by atoms with Gasteiger partial charge in [-0.1, -0.05) is 17.7 Å². The molecule has 1 aromatic rings. The highest BCUT2D eigenvalue weighted by atomic mass is 35.5. The summed E-state index contributed by atoms with van der Waals surface area (Å²) in [6, 6.07) is 1.55. The van der Waals surface area contributed by atoms with Crippen molar-refractivity contribution in [2.75, 3.05) is 19.7 Å². The van der Waals surface area contributed by atoms with E-state index in [0.29, 0.717) is 17.3 Å². The Morgan fingerprint density at radius 1 is 1.73 bits per heavy atom. The monoisotopic (exact) mass is 228 g/mol. The minimum atomic E-state index is -0.198. The summed E-state index contributed by atoms with van der Waals surface area (Å²) < 4.78 is 0. The number of halogens is 1. The van der Waals surface area contributed by atoms with E-state index in [0.717, 1.165) is 0 Å². The summed E-state index contributed by atoms with van der Waals surface area (Å²) in [4.78, 5) is 16.1. The largest absolute Gasteiger partial charge is 0.395 e. The summed E-state index contributed by atoms with van der Waals surface area (Å²) in [5, 5.41) is 9.29. The van der Waals surface area contributed by atoms with Crippen LogP contribution in [0.15, 0.2) is 24.9 Å². The fourth-order valence-electron chi connectivity index (χ4n) is 1.21. The summed E-state index contributed by atoms with van der Waals surface area (Å²) >= 11 is 5.69. The van der Waals surface area contributed by atoms with Crippen molar-refractivity contribution in [2.45, 2.75) is 0 Å². The molecule has 1 aromatic heterocycles. The Kier molecular flexibility index (Phi) is 4.39. The van der Waals surface area contributed by atoms with Crippen molar-refractivity contribution in [2.24, 2.45) is 0 Å². The number of nitrogens with one attached hydrogen (secondary N) is 1. The first-order valence-corrected chi connectivity index (χ1v) is 4.91. The third-order valence-electron chi connectivity index (χ3n) is 1.88. The molecule has 15 heavy (non-hydrogen) atoms. The molecule has 0 fully saturated rings. The number of nitrogens with zero attached hydrogens (tertiary/aromatic N) is 1. The highest BCUT2D eigenvalue weighted by molar-refractivity contribution is 6.30. The Morgan fingerprint density at radius 2 is 2.47 bits per heavy atom. The van der Waals surface area contributed by atoms with E-state index >= 15 is 0 Å². The van der Waals surface area contributed by atoms with Gasteiger partial charge in [0.2, 0.25) is 0 Å². The molecule has 0 aromatic carbocycles. The van der Waals surface area contributed by atoms with E-state index in [1.807, 2.05) is 0 Å². The van der Waals surface area contributed by atoms with Gasteiger partial charge in [-0.25, -0.2) is 0 Å². The minimum Gasteiger partial charge on any atom is -0.395 e. The molecule has 82 valence electrons. The van der Waals surface area contributed by atoms with E-state index in [1.165, 1.54) is 4.90 Å². The van der Waals surface area contributed by atoms with Crippen LogP contribution < -0.4 is 0 Å². The topological polar surface area (TPSA) is 56.3 Å². The fraction of sp³-hybridized carbons (Fsp3) is 0.300. The SMILES string of the molecule is C=CCN(CCO)C(=O)c1cc(Cl)c[nH]1. The van der Waals surface area contributed by atoms with Crippen molar-refractivity contribution >= 4 is 17.5 Å². The second-order valence-electron chi connectivity index (χ2n) is 3.00. The van der Waals surface area contributed by atoms with Crippen LogP contribution in [0.1, 0.15) is 10.5 Å². The van der Waals surface area contributed by atoms with Gasteiger partial charge < -0.3 is 15.0 Å². The molecular formula is C10H13ClN2O2. The lowest BCUT2D eigenvalue weighted by molar-refractivity contribution is 0.0738. The maximum Gasteiger partial charge on any atom is 0.270 e. The van der Waals surface area contributed by atoms with Gasteiger partial charge in [0.05, 0.1) is 11.6 Å². The second kappa shape index (κ2) is 5.58. The van der Waals surface area contributed by atoms with E-state index in [9.17, 15) is 4.79 Å². The zero-order valence-electron chi connectivity index (χ0n) is 8.24. The Bertz CT molecular complexity index is 349. The number of amides is 1. The molecule has 0 radical (unpaired) electrons. The maximum absolute atomic E-state index is 11.8. The van der Waals surface area contributed by atoms with Crippen LogP contribution in [0.4, 0.5) is 0 Å². The van der Waals surface area contributed by atoms with Crippen LogP contribution in [0.5, 0.6) is 0 Å². The zero-order chi connectivity index (χ0) is 11.3. The molecule has 5 heteroatoms. The Balaban J connectivity index is 2.75. The third kappa shape index (κ3) is 3.11. The first-order valence-electron chi connectivity index (χ1n) is 4.54. The molecule has 4 nitrogen and oxygen atoms in total. The predicted molar refractivity (Wildman–Crippen MR) is 59.0 cm³/mol. The van der Waals surface area contributed by atoms with Crippen molar-refractivity contribution in [3.05, 3.63) is 35.6 Å². The lowest BCUT2D eigenvalue weighted by Crippen LogP contribution is -2.33. The molecule has 0 aliphatic rings. The lowest BCUT2D eigenvalue weighted by Gasteiger charge is -2.18. The summed E-state index contributed by atoms with van der Waals surface area (Å²) in [5.41, 5.74) is 0.412. The van der Waals surface area contributed by atoms with Crippen LogP contribution in [-0.4, -0.2) is 40.6 Å². The average molecular weight is 229 g/mol. The van der Waals surface area contributed by atoms with Gasteiger partial charge in [0, 0.05) is 19.3 Å². The predicted octanol–water partition coefficient (Wildman–Crippen LogP) is 1.29. The molecule has 1 amide bonds. The second-order valence-corrected chi connectivity index (χ2v) is 3.43. The van der Waals surface area contributed by atoms with E-state index in [2.05, 4.69) is 11.6 Å². The quantitative estimate of drug-likeness (QED) is 0.747. The van der Waals surface area contributed by atoms with Crippen LogP contribution in [0.25, 0.3) is 0 Å². The number of aliphatic hydroxyl groups is 1. The molecule has 1 rings (SSSR count). The first-order chi connectivity index (χ1) is 7.19. The Morgan fingerprint density at radius 3 is 2.93 bits per heavy atom. The highest BCUT2D eigenvalue weighted by Gasteiger charge is 2.15. The molecule has 0 saturated carbocycles. The molecule has 0 spiro atoms. The van der Waals surface area contributed by atoms with Gasteiger partial charge in [-0.3, -0.25) is 4.79 Å². The summed E-state index contributed by atoms with van der Waals surface area (Å²) in [6.07, 6.45) is 3.15. The van der Waals surface area contributed by atoms with Gasteiger partial charge >= 0.3 is 0 Å². The highest BCUT2D eigenvalue weighted by Crippen LogP contribution is 2.11. The zero-order valence-corrected chi connectivity index (χ0v) is 9.00. The fourth-order valence-corrected chi connectivity index (χ4v) is 1.38. The van der Waals surface area contributed by atoms with Crippen LogP contribution in [-0.2, 0) is 0 Å².